The molecule has 0 saturated heterocycles. The average molecular weight is 400 g/mol. The molecular formula is C20H15F3N4O2. The molecule has 1 unspecified atom stereocenters. The molecule has 1 aromatic carbocycles. The number of aliphatic imine (C=N–C) groups is 1. The maximum atomic E-state index is 14.5. The van der Waals surface area contributed by atoms with Crippen LogP contribution < -0.4 is 5.73 Å². The van der Waals surface area contributed by atoms with Gasteiger partial charge >= 0.3 is 0 Å². The number of nitrogens with two attached hydrogens (primary N) is 1. The van der Waals surface area contributed by atoms with Gasteiger partial charge in [0.25, 0.3) is 12.3 Å². The van der Waals surface area contributed by atoms with Crippen LogP contribution in [0.3, 0.4) is 0 Å². The predicted octanol–water partition coefficient (Wildman–Crippen LogP) is 3.45. The van der Waals surface area contributed by atoms with Crippen LogP contribution >= 0.6 is 0 Å². The molecular weight excluding hydrogens is 385 g/mol. The van der Waals surface area contributed by atoms with Gasteiger partial charge in [-0.15, -0.1) is 0 Å². The van der Waals surface area contributed by atoms with Gasteiger partial charge in [-0.2, -0.15) is 0 Å². The van der Waals surface area contributed by atoms with Crippen LogP contribution in [-0.4, -0.2) is 28.8 Å². The van der Waals surface area contributed by atoms with Gasteiger partial charge in [0.2, 0.25) is 0 Å². The van der Waals surface area contributed by atoms with Crippen LogP contribution in [0.2, 0.25) is 0 Å². The molecule has 1 atom stereocenters. The number of furan rings is 1. The van der Waals surface area contributed by atoms with Crippen molar-refractivity contribution in [3.05, 3.63) is 77.8 Å². The summed E-state index contributed by atoms with van der Waals surface area (Å²) in [6.07, 6.45) is 2.25. The average Bonchev–Trinajstić information content (AvgIpc) is 3.32. The topological polar surface area (TPSA) is 84.7 Å². The number of hydrogen-bond donors (Lipinski definition) is 1. The van der Waals surface area contributed by atoms with Gasteiger partial charge in [-0.3, -0.25) is 14.7 Å². The predicted molar refractivity (Wildman–Crippen MR) is 98.5 cm³/mol. The molecule has 3 heterocycles. The van der Waals surface area contributed by atoms with Crippen molar-refractivity contribution in [1.82, 2.24) is 9.88 Å². The number of carbonyl (C=O) groups excluding carboxylic acids is 1. The van der Waals surface area contributed by atoms with E-state index in [1.165, 1.54) is 44.0 Å². The quantitative estimate of drug-likeness (QED) is 0.727. The summed E-state index contributed by atoms with van der Waals surface area (Å²) in [6.45, 7) is 0. The molecule has 2 aromatic heterocycles. The van der Waals surface area contributed by atoms with E-state index in [0.717, 1.165) is 17.2 Å². The largest absolute Gasteiger partial charge is 0.472 e. The highest BCUT2D eigenvalue weighted by Crippen LogP contribution is 2.41. The van der Waals surface area contributed by atoms with E-state index >= 15 is 0 Å². The van der Waals surface area contributed by atoms with E-state index in [2.05, 4.69) is 9.98 Å². The van der Waals surface area contributed by atoms with E-state index in [1.54, 1.807) is 6.07 Å². The monoisotopic (exact) mass is 400 g/mol. The van der Waals surface area contributed by atoms with Crippen LogP contribution in [0.1, 0.15) is 23.1 Å². The molecule has 0 saturated carbocycles. The summed E-state index contributed by atoms with van der Waals surface area (Å²) in [5.74, 6) is -1.19. The normalized spacial score (nSPS) is 19.1. The fourth-order valence-corrected chi connectivity index (χ4v) is 3.35. The van der Waals surface area contributed by atoms with Gasteiger partial charge in [-0.05, 0) is 29.8 Å². The molecule has 0 fully saturated rings. The third kappa shape index (κ3) is 2.86. The Kier molecular flexibility index (Phi) is 4.37. The van der Waals surface area contributed by atoms with Gasteiger partial charge in [-0.25, -0.2) is 18.2 Å². The minimum Gasteiger partial charge on any atom is -0.472 e. The van der Waals surface area contributed by atoms with Crippen LogP contribution in [0, 0.1) is 5.82 Å². The summed E-state index contributed by atoms with van der Waals surface area (Å²) in [7, 11) is 1.42. The van der Waals surface area contributed by atoms with E-state index in [1.807, 2.05) is 0 Å². The van der Waals surface area contributed by atoms with E-state index in [0.29, 0.717) is 5.56 Å². The number of rotatable bonds is 4. The summed E-state index contributed by atoms with van der Waals surface area (Å²) in [5, 5.41) is 0. The van der Waals surface area contributed by atoms with Crippen LogP contribution in [0.15, 0.2) is 64.7 Å². The molecule has 1 aliphatic heterocycles. The number of benzene rings is 1. The lowest BCUT2D eigenvalue weighted by Crippen LogP contribution is -2.41. The zero-order valence-corrected chi connectivity index (χ0v) is 15.1. The fourth-order valence-electron chi connectivity index (χ4n) is 3.35. The van der Waals surface area contributed by atoms with Crippen molar-refractivity contribution in [2.45, 2.75) is 12.0 Å². The highest BCUT2D eigenvalue weighted by Gasteiger charge is 2.50. The second-order valence-electron chi connectivity index (χ2n) is 6.56. The molecule has 0 aliphatic carbocycles. The molecule has 4 rings (SSSR count). The number of halogens is 3. The molecule has 9 heteroatoms. The number of pyridine rings is 1. The lowest BCUT2D eigenvalue weighted by atomic mass is 9.82. The third-order valence-electron chi connectivity index (χ3n) is 4.89. The molecule has 3 aromatic rings. The highest BCUT2D eigenvalue weighted by molar-refractivity contribution is 6.09. The van der Waals surface area contributed by atoms with Gasteiger partial charge in [-0.1, -0.05) is 6.07 Å². The van der Waals surface area contributed by atoms with Crippen molar-refractivity contribution in [3.63, 3.8) is 0 Å². The first-order valence-corrected chi connectivity index (χ1v) is 8.54. The number of alkyl halides is 2. The van der Waals surface area contributed by atoms with Gasteiger partial charge in [0, 0.05) is 41.7 Å². The first-order chi connectivity index (χ1) is 13.8. The number of nitrogens with zero attached hydrogens (tertiary/aromatic N) is 3. The van der Waals surface area contributed by atoms with E-state index in [-0.39, 0.29) is 28.2 Å². The minimum absolute atomic E-state index is 0.0911. The van der Waals surface area contributed by atoms with Gasteiger partial charge < -0.3 is 10.2 Å². The first-order valence-electron chi connectivity index (χ1n) is 8.54. The van der Waals surface area contributed by atoms with Gasteiger partial charge in [0.05, 0.1) is 12.5 Å². The Hall–Kier alpha value is -3.62. The van der Waals surface area contributed by atoms with Crippen molar-refractivity contribution >= 4 is 11.9 Å². The zero-order chi connectivity index (χ0) is 20.8. The number of hydrogen-bond acceptors (Lipinski definition) is 5. The molecule has 0 radical (unpaired) electrons. The Morgan fingerprint density at radius 3 is 2.59 bits per heavy atom. The van der Waals surface area contributed by atoms with Crippen molar-refractivity contribution < 1.29 is 22.4 Å². The number of amides is 1. The van der Waals surface area contributed by atoms with E-state index < -0.39 is 23.7 Å². The Labute approximate surface area is 163 Å². The Balaban J connectivity index is 1.98. The van der Waals surface area contributed by atoms with Gasteiger partial charge in [0.15, 0.2) is 11.5 Å². The second kappa shape index (κ2) is 6.77. The molecule has 0 bridgehead atoms. The summed E-state index contributed by atoms with van der Waals surface area (Å²) >= 11 is 0. The van der Waals surface area contributed by atoms with Crippen molar-refractivity contribution in [1.29, 1.82) is 0 Å². The fraction of sp³-hybridized carbons (Fsp3) is 0.150. The summed E-state index contributed by atoms with van der Waals surface area (Å²) in [6, 6.07) is 6.71. The lowest BCUT2D eigenvalue weighted by Gasteiger charge is -2.26. The zero-order valence-electron chi connectivity index (χ0n) is 15.1. The molecule has 6 nitrogen and oxygen atoms in total. The molecule has 1 aliphatic rings. The summed E-state index contributed by atoms with van der Waals surface area (Å²) < 4.78 is 46.0. The van der Waals surface area contributed by atoms with Crippen LogP contribution in [0.4, 0.5) is 13.2 Å². The maximum Gasteiger partial charge on any atom is 0.266 e. The van der Waals surface area contributed by atoms with Crippen molar-refractivity contribution in [2.75, 3.05) is 7.05 Å². The van der Waals surface area contributed by atoms with Gasteiger partial charge in [0.1, 0.15) is 5.82 Å². The Bertz CT molecular complexity index is 1110. The molecule has 0 spiro atoms. The van der Waals surface area contributed by atoms with E-state index in [4.69, 9.17) is 10.2 Å². The molecule has 2 N–H and O–H groups in total. The number of carbonyl (C=O) groups is 1. The van der Waals surface area contributed by atoms with Crippen molar-refractivity contribution in [3.8, 4) is 11.1 Å². The smallest absolute Gasteiger partial charge is 0.266 e. The van der Waals surface area contributed by atoms with Crippen LogP contribution in [0.25, 0.3) is 11.1 Å². The Morgan fingerprint density at radius 1 is 1.17 bits per heavy atom. The standard InChI is InChI=1S/C20H15F3N4O2/c1-27-18(28)20(26-19(27)24,14-6-12(17(22)23)8-25-9-14)13-2-3-16(21)15(7-13)11-4-5-29-10-11/h2-10,17H,1H3,(H2,24,26). The summed E-state index contributed by atoms with van der Waals surface area (Å²) in [5.41, 5.74) is 4.75. The van der Waals surface area contributed by atoms with Crippen molar-refractivity contribution in [2.24, 2.45) is 10.7 Å². The summed E-state index contributed by atoms with van der Waals surface area (Å²) in [4.78, 5) is 22.5. The minimum atomic E-state index is -2.79. The maximum absolute atomic E-state index is 14.5. The van der Waals surface area contributed by atoms with E-state index in [9.17, 15) is 18.0 Å². The van der Waals surface area contributed by atoms with Crippen LogP contribution in [0.5, 0.6) is 0 Å². The Morgan fingerprint density at radius 2 is 1.97 bits per heavy atom. The number of aromatic nitrogens is 1. The molecule has 29 heavy (non-hydrogen) atoms. The number of likely N-dealkylation sites (N-methyl/N-ethyl adjacent to an activating group) is 1. The number of guanidine groups is 1. The molecule has 1 amide bonds. The first kappa shape index (κ1) is 18.7. The third-order valence-corrected chi connectivity index (χ3v) is 4.89. The highest BCUT2D eigenvalue weighted by atomic mass is 19.3. The van der Waals surface area contributed by atoms with Crippen LogP contribution in [-0.2, 0) is 10.3 Å². The second-order valence-corrected chi connectivity index (χ2v) is 6.56. The lowest BCUT2D eigenvalue weighted by molar-refractivity contribution is -0.129. The SMILES string of the molecule is CN1C(=O)C(c2cncc(C(F)F)c2)(c2ccc(F)c(-c3ccoc3)c2)N=C1N. The molecule has 148 valence electrons.